The van der Waals surface area contributed by atoms with E-state index in [1.54, 1.807) is 0 Å². The molecule has 1 aromatic heterocycles. The Hall–Kier alpha value is -2.66. The Morgan fingerprint density at radius 2 is 2.16 bits per heavy atom. The van der Waals surface area contributed by atoms with Crippen LogP contribution >= 0.6 is 15.9 Å². The van der Waals surface area contributed by atoms with Crippen molar-refractivity contribution in [1.82, 2.24) is 10.3 Å². The van der Waals surface area contributed by atoms with E-state index in [9.17, 15) is 14.9 Å². The molecule has 0 bridgehead atoms. The third-order valence-corrected chi connectivity index (χ3v) is 6.02. The van der Waals surface area contributed by atoms with Crippen LogP contribution in [0.25, 0.3) is 0 Å². The molecule has 7 nitrogen and oxygen atoms in total. The number of benzene rings is 1. The van der Waals surface area contributed by atoms with Crippen LogP contribution in [-0.4, -0.2) is 24.0 Å². The van der Waals surface area contributed by atoms with E-state index in [-0.39, 0.29) is 34.5 Å². The fourth-order valence-corrected chi connectivity index (χ4v) is 4.16. The molecule has 2 atom stereocenters. The van der Waals surface area contributed by atoms with E-state index in [0.29, 0.717) is 6.42 Å². The number of rotatable bonds is 6. The minimum absolute atomic E-state index is 0.0335. The van der Waals surface area contributed by atoms with Crippen LogP contribution < -0.4 is 5.32 Å². The molecule has 164 valence electrons. The predicted octanol–water partition coefficient (Wildman–Crippen LogP) is 4.61. The van der Waals surface area contributed by atoms with Gasteiger partial charge in [0.25, 0.3) is 0 Å². The number of esters is 1. The molecule has 1 aromatic carbocycles. The fourth-order valence-electron chi connectivity index (χ4n) is 3.74. The predicted molar refractivity (Wildman–Crippen MR) is 117 cm³/mol. The summed E-state index contributed by atoms with van der Waals surface area (Å²) in [7, 11) is 1.27. The van der Waals surface area contributed by atoms with Gasteiger partial charge in [0.15, 0.2) is 0 Å². The number of nitrogens with zero attached hydrogens (tertiary/aromatic N) is 2. The van der Waals surface area contributed by atoms with Gasteiger partial charge >= 0.3 is 5.97 Å². The second-order valence-electron chi connectivity index (χ2n) is 8.79. The zero-order chi connectivity index (χ0) is 22.8. The Labute approximate surface area is 190 Å². The Balaban J connectivity index is 1.70. The number of amides is 1. The van der Waals surface area contributed by atoms with Gasteiger partial charge < -0.3 is 14.5 Å². The van der Waals surface area contributed by atoms with Crippen LogP contribution in [0.4, 0.5) is 0 Å². The standard InChI is InChI=1S/C23H26BrN3O4/c1-23(2,3)19(21-27-18(20(24)31-21)22(29)30-4)26-17(28)10-6-13-5-7-14-8-9-15(12-25)16(14)11-13/h5,7,11,15,19H,6,8-10H2,1-4H3,(H,26,28)/t15?,19-/m1/s1. The molecule has 1 aliphatic carbocycles. The van der Waals surface area contributed by atoms with Crippen molar-refractivity contribution in [3.63, 3.8) is 0 Å². The summed E-state index contributed by atoms with van der Waals surface area (Å²) in [6, 6.07) is 7.98. The number of aryl methyl sites for hydroxylation is 2. The molecule has 1 unspecified atom stereocenters. The molecular weight excluding hydrogens is 462 g/mol. The number of hydrogen-bond donors (Lipinski definition) is 1. The number of aromatic nitrogens is 1. The Morgan fingerprint density at radius 1 is 1.42 bits per heavy atom. The van der Waals surface area contributed by atoms with E-state index in [0.717, 1.165) is 24.0 Å². The Kier molecular flexibility index (Phi) is 6.85. The van der Waals surface area contributed by atoms with Crippen molar-refractivity contribution in [3.8, 4) is 6.07 Å². The summed E-state index contributed by atoms with van der Waals surface area (Å²) in [5.74, 6) is -0.580. The second kappa shape index (κ2) is 9.23. The summed E-state index contributed by atoms with van der Waals surface area (Å²) in [6.45, 7) is 5.86. The van der Waals surface area contributed by atoms with E-state index in [2.05, 4.69) is 44.4 Å². The number of methoxy groups -OCH3 is 1. The van der Waals surface area contributed by atoms with Gasteiger partial charge in [-0.1, -0.05) is 39.0 Å². The number of hydrogen-bond acceptors (Lipinski definition) is 6. The quantitative estimate of drug-likeness (QED) is 0.596. The minimum atomic E-state index is -0.617. The van der Waals surface area contributed by atoms with Crippen molar-refractivity contribution >= 4 is 27.8 Å². The highest BCUT2D eigenvalue weighted by molar-refractivity contribution is 9.10. The van der Waals surface area contributed by atoms with Gasteiger partial charge in [0.05, 0.1) is 19.1 Å². The van der Waals surface area contributed by atoms with Crippen LogP contribution in [0, 0.1) is 16.7 Å². The van der Waals surface area contributed by atoms with Crippen LogP contribution in [0.2, 0.25) is 0 Å². The van der Waals surface area contributed by atoms with E-state index in [1.165, 1.54) is 12.7 Å². The van der Waals surface area contributed by atoms with Gasteiger partial charge in [0, 0.05) is 6.42 Å². The third kappa shape index (κ3) is 5.16. The zero-order valence-electron chi connectivity index (χ0n) is 18.1. The SMILES string of the molecule is COC(=O)c1nc([C@@H](NC(=O)CCc2ccc3c(c2)C(C#N)CC3)C(C)(C)C)oc1Br. The molecule has 0 radical (unpaired) electrons. The maximum Gasteiger partial charge on any atom is 0.361 e. The highest BCUT2D eigenvalue weighted by Crippen LogP contribution is 2.35. The van der Waals surface area contributed by atoms with E-state index in [4.69, 9.17) is 9.15 Å². The molecule has 0 fully saturated rings. The minimum Gasteiger partial charge on any atom is -0.464 e. The molecule has 1 amide bonds. The maximum atomic E-state index is 12.7. The summed E-state index contributed by atoms with van der Waals surface area (Å²) in [4.78, 5) is 28.8. The van der Waals surface area contributed by atoms with Crippen LogP contribution in [0.3, 0.4) is 0 Å². The van der Waals surface area contributed by atoms with E-state index < -0.39 is 17.4 Å². The van der Waals surface area contributed by atoms with E-state index >= 15 is 0 Å². The first-order valence-corrected chi connectivity index (χ1v) is 11.0. The van der Waals surface area contributed by atoms with Crippen LogP contribution in [0.5, 0.6) is 0 Å². The lowest BCUT2D eigenvalue weighted by atomic mass is 9.86. The summed E-state index contributed by atoms with van der Waals surface area (Å²) in [5.41, 5.74) is 2.98. The molecule has 1 aliphatic rings. The highest BCUT2D eigenvalue weighted by atomic mass is 79.9. The Morgan fingerprint density at radius 3 is 2.81 bits per heavy atom. The normalized spacial score (nSPS) is 16.3. The zero-order valence-corrected chi connectivity index (χ0v) is 19.7. The number of carbonyl (C=O) groups is 2. The maximum absolute atomic E-state index is 12.7. The van der Waals surface area contributed by atoms with Gasteiger partial charge in [-0.15, -0.1) is 0 Å². The van der Waals surface area contributed by atoms with E-state index in [1.807, 2.05) is 26.8 Å². The molecule has 0 saturated heterocycles. The number of ether oxygens (including phenoxy) is 1. The van der Waals surface area contributed by atoms with Crippen molar-refractivity contribution in [2.24, 2.45) is 5.41 Å². The molecule has 0 spiro atoms. The van der Waals surface area contributed by atoms with Crippen LogP contribution in [0.15, 0.2) is 27.3 Å². The fraction of sp³-hybridized carbons (Fsp3) is 0.478. The molecule has 8 heteroatoms. The lowest BCUT2D eigenvalue weighted by Gasteiger charge is -2.28. The third-order valence-electron chi connectivity index (χ3n) is 5.48. The van der Waals surface area contributed by atoms with Gasteiger partial charge in [-0.2, -0.15) is 5.26 Å². The van der Waals surface area contributed by atoms with Gasteiger partial charge in [-0.05, 0) is 57.3 Å². The molecule has 1 heterocycles. The van der Waals surface area contributed by atoms with Gasteiger partial charge in [-0.25, -0.2) is 9.78 Å². The summed E-state index contributed by atoms with van der Waals surface area (Å²) < 4.78 is 10.5. The van der Waals surface area contributed by atoms with Crippen molar-refractivity contribution in [1.29, 1.82) is 5.26 Å². The monoisotopic (exact) mass is 487 g/mol. The van der Waals surface area contributed by atoms with Crippen LogP contribution in [0.1, 0.15) is 78.6 Å². The number of fused-ring (bicyclic) bond motifs is 1. The topological polar surface area (TPSA) is 105 Å². The smallest absolute Gasteiger partial charge is 0.361 e. The average molecular weight is 488 g/mol. The van der Waals surface area contributed by atoms with Gasteiger partial charge in [-0.3, -0.25) is 4.79 Å². The number of halogens is 1. The lowest BCUT2D eigenvalue weighted by Crippen LogP contribution is -2.37. The van der Waals surface area contributed by atoms with Gasteiger partial charge in [0.2, 0.25) is 22.2 Å². The second-order valence-corrected chi connectivity index (χ2v) is 9.51. The molecule has 0 saturated carbocycles. The molecular formula is C23H26BrN3O4. The molecule has 31 heavy (non-hydrogen) atoms. The highest BCUT2D eigenvalue weighted by Gasteiger charge is 2.34. The first kappa shape index (κ1) is 23.0. The number of nitriles is 1. The molecule has 1 N–H and O–H groups in total. The van der Waals surface area contributed by atoms with Gasteiger partial charge in [0.1, 0.15) is 6.04 Å². The van der Waals surface area contributed by atoms with Crippen molar-refractivity contribution in [2.45, 2.75) is 58.4 Å². The molecule has 2 aromatic rings. The Bertz CT molecular complexity index is 1030. The largest absolute Gasteiger partial charge is 0.464 e. The number of oxazole rings is 1. The van der Waals surface area contributed by atoms with Crippen molar-refractivity contribution in [2.75, 3.05) is 7.11 Å². The molecule has 0 aliphatic heterocycles. The number of nitrogens with one attached hydrogen (secondary N) is 1. The summed E-state index contributed by atoms with van der Waals surface area (Å²) in [6.07, 6.45) is 2.65. The first-order valence-electron chi connectivity index (χ1n) is 10.2. The summed E-state index contributed by atoms with van der Waals surface area (Å²) in [5, 5.41) is 12.3. The number of carbonyl (C=O) groups excluding carboxylic acids is 2. The summed E-state index contributed by atoms with van der Waals surface area (Å²) >= 11 is 3.19. The first-order chi connectivity index (χ1) is 14.6. The van der Waals surface area contributed by atoms with Crippen molar-refractivity contribution < 1.29 is 18.7 Å². The van der Waals surface area contributed by atoms with Crippen LogP contribution in [-0.2, 0) is 22.4 Å². The average Bonchev–Trinajstić information content (AvgIpc) is 3.31. The lowest BCUT2D eigenvalue weighted by molar-refractivity contribution is -0.122. The molecule has 3 rings (SSSR count). The van der Waals surface area contributed by atoms with Crippen molar-refractivity contribution in [3.05, 3.63) is 51.1 Å².